The second-order valence-corrected chi connectivity index (χ2v) is 8.47. The Balaban J connectivity index is 1.35. The summed E-state index contributed by atoms with van der Waals surface area (Å²) in [5.74, 6) is 1.45. The number of ether oxygens (including phenoxy) is 2. The van der Waals surface area contributed by atoms with Gasteiger partial charge in [0.1, 0.15) is 11.8 Å². The first kappa shape index (κ1) is 21.9. The molecule has 3 heterocycles. The Morgan fingerprint density at radius 2 is 2.16 bits per heavy atom. The van der Waals surface area contributed by atoms with Crippen molar-refractivity contribution in [2.24, 2.45) is 7.05 Å². The van der Waals surface area contributed by atoms with Crippen LogP contribution in [0.1, 0.15) is 72.4 Å². The van der Waals surface area contributed by atoms with Crippen LogP contribution >= 0.6 is 0 Å². The lowest BCUT2D eigenvalue weighted by Gasteiger charge is -2.13. The van der Waals surface area contributed by atoms with Crippen molar-refractivity contribution in [3.05, 3.63) is 47.0 Å². The zero-order valence-corrected chi connectivity index (χ0v) is 18.8. The van der Waals surface area contributed by atoms with Gasteiger partial charge in [0.15, 0.2) is 5.82 Å². The Kier molecular flexibility index (Phi) is 6.50. The van der Waals surface area contributed by atoms with Crippen LogP contribution in [0.3, 0.4) is 0 Å². The van der Waals surface area contributed by atoms with E-state index in [1.165, 1.54) is 4.68 Å². The maximum absolute atomic E-state index is 12.6. The van der Waals surface area contributed by atoms with Gasteiger partial charge >= 0.3 is 0 Å². The van der Waals surface area contributed by atoms with Crippen molar-refractivity contribution in [3.8, 4) is 5.88 Å². The maximum atomic E-state index is 12.6. The van der Waals surface area contributed by atoms with Crippen LogP contribution in [0.5, 0.6) is 5.88 Å². The minimum atomic E-state index is -0.267. The molecule has 0 bridgehead atoms. The van der Waals surface area contributed by atoms with Crippen molar-refractivity contribution >= 4 is 11.7 Å². The number of aryl methyl sites for hydroxylation is 1. The number of hydrogen-bond donors (Lipinski definition) is 2. The summed E-state index contributed by atoms with van der Waals surface area (Å²) in [6, 6.07) is 5.56. The van der Waals surface area contributed by atoms with E-state index in [1.807, 2.05) is 12.1 Å². The van der Waals surface area contributed by atoms with Gasteiger partial charge in [-0.2, -0.15) is 15.3 Å². The minimum absolute atomic E-state index is 0.0756. The number of carbonyl (C=O) groups excluding carboxylic acids is 1. The van der Waals surface area contributed by atoms with Crippen LogP contribution in [0.15, 0.2) is 24.4 Å². The number of rotatable bonds is 8. The van der Waals surface area contributed by atoms with Gasteiger partial charge in [0.2, 0.25) is 5.88 Å². The fourth-order valence-electron chi connectivity index (χ4n) is 3.98. The number of H-pyrrole nitrogens is 1. The topological polar surface area (TPSA) is 120 Å². The number of hydrogen-bond acceptors (Lipinski definition) is 7. The molecule has 1 fully saturated rings. The van der Waals surface area contributed by atoms with Crippen LogP contribution < -0.4 is 10.1 Å². The Morgan fingerprint density at radius 1 is 1.31 bits per heavy atom. The highest BCUT2D eigenvalue weighted by molar-refractivity contribution is 6.02. The van der Waals surface area contributed by atoms with E-state index < -0.39 is 0 Å². The summed E-state index contributed by atoms with van der Waals surface area (Å²) in [5, 5.41) is 22.6. The molecule has 0 aromatic carbocycles. The third-order valence-electron chi connectivity index (χ3n) is 5.73. The second-order valence-electron chi connectivity index (χ2n) is 8.47. The molecule has 0 spiro atoms. The molecule has 1 amide bonds. The Labute approximate surface area is 186 Å². The molecule has 1 saturated carbocycles. The van der Waals surface area contributed by atoms with E-state index in [0.717, 1.165) is 30.5 Å². The zero-order valence-electron chi connectivity index (χ0n) is 18.8. The van der Waals surface area contributed by atoms with Gasteiger partial charge in [-0.05, 0) is 36.8 Å². The van der Waals surface area contributed by atoms with Crippen molar-refractivity contribution in [1.82, 2.24) is 30.2 Å². The van der Waals surface area contributed by atoms with E-state index >= 15 is 0 Å². The molecular weight excluding hydrogens is 410 g/mol. The number of amides is 1. The molecule has 0 aliphatic heterocycles. The summed E-state index contributed by atoms with van der Waals surface area (Å²) in [4.78, 5) is 12.6. The Bertz CT molecular complexity index is 1080. The number of aromatic nitrogens is 6. The molecule has 0 unspecified atom stereocenters. The van der Waals surface area contributed by atoms with Crippen molar-refractivity contribution in [2.45, 2.75) is 57.7 Å². The fraction of sp³-hybridized carbons (Fsp3) is 0.500. The number of nitrogens with one attached hydrogen (secondary N) is 2. The minimum Gasteiger partial charge on any atom is -0.473 e. The lowest BCUT2D eigenvalue weighted by Crippen LogP contribution is -2.16. The van der Waals surface area contributed by atoms with Gasteiger partial charge in [-0.1, -0.05) is 13.8 Å². The van der Waals surface area contributed by atoms with E-state index in [-0.39, 0.29) is 17.9 Å². The largest absolute Gasteiger partial charge is 0.473 e. The molecule has 32 heavy (non-hydrogen) atoms. The summed E-state index contributed by atoms with van der Waals surface area (Å²) in [7, 11) is 3.32. The Morgan fingerprint density at radius 3 is 2.94 bits per heavy atom. The number of aromatic amines is 1. The van der Waals surface area contributed by atoms with Crippen molar-refractivity contribution in [1.29, 1.82) is 0 Å². The third kappa shape index (κ3) is 4.96. The Hall–Kier alpha value is -3.27. The molecule has 3 aromatic rings. The molecule has 10 nitrogen and oxygen atoms in total. The van der Waals surface area contributed by atoms with Gasteiger partial charge in [-0.25, -0.2) is 0 Å². The molecule has 170 valence electrons. The summed E-state index contributed by atoms with van der Waals surface area (Å²) >= 11 is 0. The van der Waals surface area contributed by atoms with Crippen LogP contribution in [0.25, 0.3) is 0 Å². The number of methoxy groups -OCH3 is 1. The summed E-state index contributed by atoms with van der Waals surface area (Å²) in [6.07, 6.45) is 4.60. The average molecular weight is 440 g/mol. The highest BCUT2D eigenvalue weighted by atomic mass is 16.5. The molecule has 3 aromatic heterocycles. The standard InChI is InChI=1S/C22H29N7O3/c1-13(2)15-8-21(27-23-11-15)32-17-6-5-14(7-17)18-10-20(26-25-18)24-22(30)19-9-16(12-31-4)28-29(19)3/h8-11,13-14,17H,5-7,12H2,1-4H3,(H2,24,25,26,30)/t14-,17+/m1/s1. The predicted molar refractivity (Wildman–Crippen MR) is 118 cm³/mol. The summed E-state index contributed by atoms with van der Waals surface area (Å²) in [6.45, 7) is 4.59. The van der Waals surface area contributed by atoms with Crippen LogP contribution in [-0.2, 0) is 18.4 Å². The quantitative estimate of drug-likeness (QED) is 0.553. The molecule has 2 N–H and O–H groups in total. The van der Waals surface area contributed by atoms with Crippen molar-refractivity contribution in [3.63, 3.8) is 0 Å². The predicted octanol–water partition coefficient (Wildman–Crippen LogP) is 3.17. The van der Waals surface area contributed by atoms with Crippen molar-refractivity contribution in [2.75, 3.05) is 12.4 Å². The van der Waals surface area contributed by atoms with Gasteiger partial charge in [-0.3, -0.25) is 14.6 Å². The van der Waals surface area contributed by atoms with Gasteiger partial charge in [0, 0.05) is 37.9 Å². The van der Waals surface area contributed by atoms with Crippen LogP contribution in [0.4, 0.5) is 5.82 Å². The lowest BCUT2D eigenvalue weighted by atomic mass is 10.0. The van der Waals surface area contributed by atoms with E-state index in [9.17, 15) is 4.79 Å². The summed E-state index contributed by atoms with van der Waals surface area (Å²) in [5.41, 5.74) is 3.24. The van der Waals surface area contributed by atoms with E-state index in [1.54, 1.807) is 26.4 Å². The molecule has 4 rings (SSSR count). The second kappa shape index (κ2) is 9.47. The van der Waals surface area contributed by atoms with E-state index in [4.69, 9.17) is 9.47 Å². The number of carbonyl (C=O) groups is 1. The van der Waals surface area contributed by atoms with Gasteiger partial charge < -0.3 is 14.8 Å². The first-order chi connectivity index (χ1) is 15.4. The first-order valence-electron chi connectivity index (χ1n) is 10.8. The molecule has 1 aliphatic rings. The molecule has 1 aliphatic carbocycles. The molecule has 10 heteroatoms. The average Bonchev–Trinajstić information content (AvgIpc) is 3.49. The molecule has 2 atom stereocenters. The molecule has 0 saturated heterocycles. The monoisotopic (exact) mass is 439 g/mol. The highest BCUT2D eigenvalue weighted by Gasteiger charge is 2.29. The SMILES string of the molecule is COCc1cc(C(=O)Nc2cc([C@@H]3CC[C@H](Oc4cc(C(C)C)cnn4)C3)[nH]n2)n(C)n1. The van der Waals surface area contributed by atoms with Crippen LogP contribution in [0.2, 0.25) is 0 Å². The van der Waals surface area contributed by atoms with Crippen LogP contribution in [-0.4, -0.2) is 49.3 Å². The number of anilines is 1. The highest BCUT2D eigenvalue weighted by Crippen LogP contribution is 2.36. The van der Waals surface area contributed by atoms with Crippen LogP contribution in [0, 0.1) is 0 Å². The van der Waals surface area contributed by atoms with E-state index in [2.05, 4.69) is 44.7 Å². The van der Waals surface area contributed by atoms with Gasteiger partial charge in [-0.15, -0.1) is 5.10 Å². The normalized spacial score (nSPS) is 18.3. The smallest absolute Gasteiger partial charge is 0.275 e. The third-order valence-corrected chi connectivity index (χ3v) is 5.73. The van der Waals surface area contributed by atoms with Gasteiger partial charge in [0.25, 0.3) is 5.91 Å². The zero-order chi connectivity index (χ0) is 22.7. The summed E-state index contributed by atoms with van der Waals surface area (Å²) < 4.78 is 12.7. The first-order valence-corrected chi connectivity index (χ1v) is 10.8. The maximum Gasteiger partial charge on any atom is 0.275 e. The molecule has 0 radical (unpaired) electrons. The van der Waals surface area contributed by atoms with E-state index in [0.29, 0.717) is 35.6 Å². The lowest BCUT2D eigenvalue weighted by molar-refractivity contribution is 0.101. The van der Waals surface area contributed by atoms with Gasteiger partial charge in [0.05, 0.1) is 18.5 Å². The fourth-order valence-corrected chi connectivity index (χ4v) is 3.98. The molecular formula is C22H29N7O3. The number of nitrogens with zero attached hydrogens (tertiary/aromatic N) is 5. The van der Waals surface area contributed by atoms with Crippen molar-refractivity contribution < 1.29 is 14.3 Å².